The Hall–Kier alpha value is -1.61. The molecule has 0 spiro atoms. The lowest BCUT2D eigenvalue weighted by Crippen LogP contribution is -2.23. The minimum Gasteiger partial charge on any atom is -0.313 e. The fourth-order valence-corrected chi connectivity index (χ4v) is 2.85. The first-order valence-corrected chi connectivity index (χ1v) is 7.66. The summed E-state index contributed by atoms with van der Waals surface area (Å²) in [6.45, 7) is 6.83. The first kappa shape index (κ1) is 15.8. The molecular weight excluding hydrogens is 258 g/mol. The van der Waals surface area contributed by atoms with Gasteiger partial charge in [0, 0.05) is 19.3 Å². The number of aryl methyl sites for hydroxylation is 2. The van der Waals surface area contributed by atoms with Gasteiger partial charge in [-0.3, -0.25) is 4.68 Å². The molecule has 2 rings (SSSR count). The van der Waals surface area contributed by atoms with Crippen molar-refractivity contribution in [1.82, 2.24) is 15.1 Å². The van der Waals surface area contributed by atoms with E-state index in [-0.39, 0.29) is 5.41 Å². The molecule has 1 atom stereocenters. The third kappa shape index (κ3) is 3.94. The molecular formula is C18H27N3. The summed E-state index contributed by atoms with van der Waals surface area (Å²) in [7, 11) is 4.02. The first-order valence-electron chi connectivity index (χ1n) is 7.66. The quantitative estimate of drug-likeness (QED) is 0.909. The SMILES string of the molecule is CNC(CCc1cnn(C)c1)c1ccccc1C(C)(C)C. The summed E-state index contributed by atoms with van der Waals surface area (Å²) in [5, 5.41) is 7.73. The van der Waals surface area contributed by atoms with Crippen LogP contribution in [0.25, 0.3) is 0 Å². The summed E-state index contributed by atoms with van der Waals surface area (Å²) in [5.74, 6) is 0. The molecule has 0 radical (unpaired) electrons. The number of rotatable bonds is 5. The predicted octanol–water partition coefficient (Wildman–Crippen LogP) is 3.61. The van der Waals surface area contributed by atoms with E-state index in [1.54, 1.807) is 0 Å². The second kappa shape index (κ2) is 6.44. The minimum atomic E-state index is 0.167. The Bertz CT molecular complexity index is 578. The van der Waals surface area contributed by atoms with Gasteiger partial charge in [-0.05, 0) is 42.0 Å². The van der Waals surface area contributed by atoms with Crippen LogP contribution < -0.4 is 5.32 Å². The molecule has 0 fully saturated rings. The summed E-state index contributed by atoms with van der Waals surface area (Å²) >= 11 is 0. The van der Waals surface area contributed by atoms with Gasteiger partial charge in [-0.15, -0.1) is 0 Å². The van der Waals surface area contributed by atoms with E-state index in [0.717, 1.165) is 12.8 Å². The van der Waals surface area contributed by atoms with Crippen molar-refractivity contribution in [2.75, 3.05) is 7.05 Å². The fourth-order valence-electron chi connectivity index (χ4n) is 2.85. The monoisotopic (exact) mass is 285 g/mol. The fraction of sp³-hybridized carbons (Fsp3) is 0.500. The molecule has 0 bridgehead atoms. The lowest BCUT2D eigenvalue weighted by Gasteiger charge is -2.27. The smallest absolute Gasteiger partial charge is 0.0521 e. The molecule has 1 heterocycles. The molecule has 3 heteroatoms. The van der Waals surface area contributed by atoms with Crippen LogP contribution in [0.4, 0.5) is 0 Å². The second-order valence-corrected chi connectivity index (χ2v) is 6.74. The molecule has 2 aromatic rings. The normalized spacial score (nSPS) is 13.4. The highest BCUT2D eigenvalue weighted by atomic mass is 15.2. The Balaban J connectivity index is 2.18. The number of nitrogens with one attached hydrogen (secondary N) is 1. The highest BCUT2D eigenvalue weighted by Crippen LogP contribution is 2.31. The average Bonchev–Trinajstić information content (AvgIpc) is 2.85. The van der Waals surface area contributed by atoms with Gasteiger partial charge in [-0.1, -0.05) is 45.0 Å². The molecule has 1 aromatic carbocycles. The Morgan fingerprint density at radius 2 is 1.95 bits per heavy atom. The van der Waals surface area contributed by atoms with Gasteiger partial charge in [-0.25, -0.2) is 0 Å². The van der Waals surface area contributed by atoms with Gasteiger partial charge in [0.25, 0.3) is 0 Å². The van der Waals surface area contributed by atoms with E-state index in [2.05, 4.69) is 61.6 Å². The molecule has 0 aliphatic heterocycles. The molecule has 0 saturated heterocycles. The molecule has 114 valence electrons. The zero-order valence-electron chi connectivity index (χ0n) is 13.9. The molecule has 1 unspecified atom stereocenters. The van der Waals surface area contributed by atoms with Crippen molar-refractivity contribution in [1.29, 1.82) is 0 Å². The van der Waals surface area contributed by atoms with Crippen LogP contribution in [0.1, 0.15) is 49.9 Å². The second-order valence-electron chi connectivity index (χ2n) is 6.74. The van der Waals surface area contributed by atoms with E-state index < -0.39 is 0 Å². The van der Waals surface area contributed by atoms with Crippen molar-refractivity contribution in [3.63, 3.8) is 0 Å². The number of hydrogen-bond acceptors (Lipinski definition) is 2. The molecule has 1 aromatic heterocycles. The topological polar surface area (TPSA) is 29.9 Å². The third-order valence-electron chi connectivity index (χ3n) is 3.97. The lowest BCUT2D eigenvalue weighted by atomic mass is 9.81. The van der Waals surface area contributed by atoms with E-state index in [0.29, 0.717) is 6.04 Å². The summed E-state index contributed by atoms with van der Waals surface area (Å²) < 4.78 is 1.87. The number of hydrogen-bond donors (Lipinski definition) is 1. The average molecular weight is 285 g/mol. The molecule has 21 heavy (non-hydrogen) atoms. The van der Waals surface area contributed by atoms with Gasteiger partial charge in [0.15, 0.2) is 0 Å². The molecule has 3 nitrogen and oxygen atoms in total. The van der Waals surface area contributed by atoms with Gasteiger partial charge >= 0.3 is 0 Å². The molecule has 0 aliphatic rings. The van der Waals surface area contributed by atoms with Crippen LogP contribution in [0.3, 0.4) is 0 Å². The van der Waals surface area contributed by atoms with E-state index >= 15 is 0 Å². The van der Waals surface area contributed by atoms with Crippen LogP contribution >= 0.6 is 0 Å². The van der Waals surface area contributed by atoms with Crippen LogP contribution in [0.5, 0.6) is 0 Å². The van der Waals surface area contributed by atoms with Crippen LogP contribution in [0.2, 0.25) is 0 Å². The van der Waals surface area contributed by atoms with Gasteiger partial charge < -0.3 is 5.32 Å². The maximum absolute atomic E-state index is 4.25. The lowest BCUT2D eigenvalue weighted by molar-refractivity contribution is 0.516. The number of aromatic nitrogens is 2. The highest BCUT2D eigenvalue weighted by Gasteiger charge is 2.21. The Morgan fingerprint density at radius 3 is 2.52 bits per heavy atom. The van der Waals surface area contributed by atoms with Crippen LogP contribution in [0.15, 0.2) is 36.7 Å². The van der Waals surface area contributed by atoms with Gasteiger partial charge in [0.05, 0.1) is 6.20 Å². The Kier molecular flexibility index (Phi) is 4.84. The summed E-state index contributed by atoms with van der Waals surface area (Å²) in [6, 6.07) is 9.16. The molecule has 0 saturated carbocycles. The van der Waals surface area contributed by atoms with Crippen LogP contribution in [-0.4, -0.2) is 16.8 Å². The standard InChI is InChI=1S/C18H27N3/c1-18(2,3)16-9-7-6-8-15(16)17(19-4)11-10-14-12-20-21(5)13-14/h6-9,12-13,17,19H,10-11H2,1-5H3. The zero-order chi connectivity index (χ0) is 15.5. The number of benzene rings is 1. The van der Waals surface area contributed by atoms with Crippen molar-refractivity contribution in [3.05, 3.63) is 53.3 Å². The van der Waals surface area contributed by atoms with Crippen molar-refractivity contribution < 1.29 is 0 Å². The van der Waals surface area contributed by atoms with E-state index in [4.69, 9.17) is 0 Å². The first-order chi connectivity index (χ1) is 9.91. The van der Waals surface area contributed by atoms with Crippen molar-refractivity contribution in [2.24, 2.45) is 7.05 Å². The summed E-state index contributed by atoms with van der Waals surface area (Å²) in [4.78, 5) is 0. The predicted molar refractivity (Wildman–Crippen MR) is 88.5 cm³/mol. The number of nitrogens with zero attached hydrogens (tertiary/aromatic N) is 2. The van der Waals surface area contributed by atoms with E-state index in [9.17, 15) is 0 Å². The van der Waals surface area contributed by atoms with Crippen molar-refractivity contribution in [2.45, 2.75) is 45.1 Å². The Morgan fingerprint density at radius 1 is 1.24 bits per heavy atom. The summed E-state index contributed by atoms with van der Waals surface area (Å²) in [5.41, 5.74) is 4.30. The minimum absolute atomic E-state index is 0.167. The maximum atomic E-state index is 4.25. The van der Waals surface area contributed by atoms with Crippen molar-refractivity contribution in [3.8, 4) is 0 Å². The molecule has 0 amide bonds. The van der Waals surface area contributed by atoms with Crippen molar-refractivity contribution >= 4 is 0 Å². The van der Waals surface area contributed by atoms with Crippen LogP contribution in [-0.2, 0) is 18.9 Å². The Labute approximate surface area is 128 Å². The highest BCUT2D eigenvalue weighted by molar-refractivity contribution is 5.35. The van der Waals surface area contributed by atoms with E-state index in [1.807, 2.05) is 25.0 Å². The van der Waals surface area contributed by atoms with E-state index in [1.165, 1.54) is 16.7 Å². The maximum Gasteiger partial charge on any atom is 0.0521 e. The largest absolute Gasteiger partial charge is 0.313 e. The third-order valence-corrected chi connectivity index (χ3v) is 3.97. The zero-order valence-corrected chi connectivity index (χ0v) is 13.9. The molecule has 1 N–H and O–H groups in total. The van der Waals surface area contributed by atoms with Gasteiger partial charge in [0.2, 0.25) is 0 Å². The van der Waals surface area contributed by atoms with Gasteiger partial charge in [0.1, 0.15) is 0 Å². The summed E-state index contributed by atoms with van der Waals surface area (Å²) in [6.07, 6.45) is 6.18. The van der Waals surface area contributed by atoms with Gasteiger partial charge in [-0.2, -0.15) is 5.10 Å². The van der Waals surface area contributed by atoms with Crippen LogP contribution in [0, 0.1) is 0 Å². The molecule has 0 aliphatic carbocycles.